The molecule has 1 aromatic heterocycles. The first kappa shape index (κ1) is 10.1. The number of amides is 1. The molecule has 5 heteroatoms. The van der Waals surface area contributed by atoms with Crippen LogP contribution in [0.1, 0.15) is 22.5 Å². The molecule has 0 aliphatic heterocycles. The maximum Gasteiger partial charge on any atom is 0.261 e. The van der Waals surface area contributed by atoms with Gasteiger partial charge in [0.1, 0.15) is 0 Å². The third kappa shape index (κ3) is 2.16. The number of rotatable bonds is 2. The van der Waals surface area contributed by atoms with Crippen LogP contribution in [0, 0.1) is 0 Å². The van der Waals surface area contributed by atoms with Crippen molar-refractivity contribution in [2.75, 3.05) is 0 Å². The van der Waals surface area contributed by atoms with Gasteiger partial charge in [-0.05, 0) is 40.9 Å². The van der Waals surface area contributed by atoms with E-state index < -0.39 is 0 Å². The molecule has 3 nitrogen and oxygen atoms in total. The fourth-order valence-corrected chi connectivity index (χ4v) is 2.76. The summed E-state index contributed by atoms with van der Waals surface area (Å²) in [7, 11) is 0. The average molecular weight is 275 g/mol. The van der Waals surface area contributed by atoms with E-state index in [1.54, 1.807) is 0 Å². The van der Waals surface area contributed by atoms with Gasteiger partial charge in [0, 0.05) is 12.1 Å². The second-order valence-electron chi connectivity index (χ2n) is 3.51. The lowest BCUT2D eigenvalue weighted by Crippen LogP contribution is -2.50. The second kappa shape index (κ2) is 4.00. The molecule has 2 rings (SSSR count). The van der Waals surface area contributed by atoms with Crippen molar-refractivity contribution in [2.45, 2.75) is 24.9 Å². The molecule has 0 aromatic carbocycles. The Morgan fingerprint density at radius 3 is 2.79 bits per heavy atom. The van der Waals surface area contributed by atoms with Gasteiger partial charge in [-0.25, -0.2) is 0 Å². The molecule has 0 saturated heterocycles. The SMILES string of the molecule is NC1CC(NC(=O)c2ccc(Br)s2)C1. The van der Waals surface area contributed by atoms with Crippen molar-refractivity contribution < 1.29 is 4.79 Å². The van der Waals surface area contributed by atoms with Crippen molar-refractivity contribution in [3.05, 3.63) is 20.8 Å². The third-order valence-corrected chi connectivity index (χ3v) is 3.93. The monoisotopic (exact) mass is 274 g/mol. The first-order valence-electron chi connectivity index (χ1n) is 4.47. The summed E-state index contributed by atoms with van der Waals surface area (Å²) in [5, 5.41) is 2.95. The Balaban J connectivity index is 1.90. The summed E-state index contributed by atoms with van der Waals surface area (Å²) in [4.78, 5) is 12.4. The molecule has 1 aliphatic carbocycles. The van der Waals surface area contributed by atoms with Crippen LogP contribution < -0.4 is 11.1 Å². The van der Waals surface area contributed by atoms with Crippen molar-refractivity contribution in [1.82, 2.24) is 5.32 Å². The third-order valence-electron chi connectivity index (χ3n) is 2.31. The predicted octanol–water partition coefficient (Wildman–Crippen LogP) is 1.73. The lowest BCUT2D eigenvalue weighted by molar-refractivity contribution is 0.0914. The van der Waals surface area contributed by atoms with Crippen LogP contribution >= 0.6 is 27.3 Å². The summed E-state index contributed by atoms with van der Waals surface area (Å²) in [6.07, 6.45) is 1.80. The topological polar surface area (TPSA) is 55.1 Å². The lowest BCUT2D eigenvalue weighted by Gasteiger charge is -2.32. The molecule has 3 N–H and O–H groups in total. The van der Waals surface area contributed by atoms with E-state index in [0.717, 1.165) is 21.5 Å². The largest absolute Gasteiger partial charge is 0.348 e. The number of carbonyl (C=O) groups is 1. The zero-order valence-electron chi connectivity index (χ0n) is 7.50. The van der Waals surface area contributed by atoms with E-state index in [4.69, 9.17) is 5.73 Å². The van der Waals surface area contributed by atoms with Crippen LogP contribution in [-0.2, 0) is 0 Å². The molecule has 1 fully saturated rings. The van der Waals surface area contributed by atoms with Gasteiger partial charge in [0.05, 0.1) is 8.66 Å². The Morgan fingerprint density at radius 2 is 2.29 bits per heavy atom. The van der Waals surface area contributed by atoms with E-state index in [0.29, 0.717) is 0 Å². The fraction of sp³-hybridized carbons (Fsp3) is 0.444. The van der Waals surface area contributed by atoms with Gasteiger partial charge in [0.25, 0.3) is 5.91 Å². The van der Waals surface area contributed by atoms with Crippen molar-refractivity contribution in [1.29, 1.82) is 0 Å². The zero-order chi connectivity index (χ0) is 10.1. The Morgan fingerprint density at radius 1 is 1.57 bits per heavy atom. The molecular formula is C9H11BrN2OS. The number of thiophene rings is 1. The molecule has 0 spiro atoms. The molecule has 0 radical (unpaired) electrons. The van der Waals surface area contributed by atoms with Crippen molar-refractivity contribution >= 4 is 33.2 Å². The quantitative estimate of drug-likeness (QED) is 0.863. The van der Waals surface area contributed by atoms with Crippen LogP contribution in [-0.4, -0.2) is 18.0 Å². The van der Waals surface area contributed by atoms with Crippen LogP contribution in [0.25, 0.3) is 0 Å². The van der Waals surface area contributed by atoms with Gasteiger partial charge < -0.3 is 11.1 Å². The highest BCUT2D eigenvalue weighted by Crippen LogP contribution is 2.23. The molecule has 76 valence electrons. The van der Waals surface area contributed by atoms with E-state index in [1.807, 2.05) is 12.1 Å². The summed E-state index contributed by atoms with van der Waals surface area (Å²) < 4.78 is 0.980. The highest BCUT2D eigenvalue weighted by molar-refractivity contribution is 9.11. The van der Waals surface area contributed by atoms with E-state index in [-0.39, 0.29) is 18.0 Å². The number of hydrogen-bond acceptors (Lipinski definition) is 3. The van der Waals surface area contributed by atoms with Gasteiger partial charge >= 0.3 is 0 Å². The van der Waals surface area contributed by atoms with Crippen LogP contribution in [0.4, 0.5) is 0 Å². The molecule has 1 saturated carbocycles. The standard InChI is InChI=1S/C9H11BrN2OS/c10-8-2-1-7(14-8)9(13)12-6-3-5(11)4-6/h1-2,5-6H,3-4,11H2,(H,12,13). The number of carbonyl (C=O) groups excluding carboxylic acids is 1. The summed E-state index contributed by atoms with van der Waals surface area (Å²) in [5.74, 6) is 0.0117. The van der Waals surface area contributed by atoms with Gasteiger partial charge in [-0.2, -0.15) is 0 Å². The summed E-state index contributed by atoms with van der Waals surface area (Å²) in [6.45, 7) is 0. The second-order valence-corrected chi connectivity index (χ2v) is 5.97. The summed E-state index contributed by atoms with van der Waals surface area (Å²) in [6, 6.07) is 4.25. The van der Waals surface area contributed by atoms with Crippen molar-refractivity contribution in [3.8, 4) is 0 Å². The van der Waals surface area contributed by atoms with Gasteiger partial charge in [-0.3, -0.25) is 4.79 Å². The first-order valence-corrected chi connectivity index (χ1v) is 6.08. The number of halogens is 1. The Bertz CT molecular complexity index is 346. The number of hydrogen-bond donors (Lipinski definition) is 2. The minimum Gasteiger partial charge on any atom is -0.348 e. The highest BCUT2D eigenvalue weighted by atomic mass is 79.9. The van der Waals surface area contributed by atoms with E-state index in [1.165, 1.54) is 11.3 Å². The Kier molecular flexibility index (Phi) is 2.90. The minimum atomic E-state index is 0.0117. The summed E-state index contributed by atoms with van der Waals surface area (Å²) in [5.41, 5.74) is 5.63. The van der Waals surface area contributed by atoms with Crippen molar-refractivity contribution in [3.63, 3.8) is 0 Å². The molecule has 0 atom stereocenters. The minimum absolute atomic E-state index is 0.0117. The molecule has 1 aliphatic rings. The maximum atomic E-state index is 11.6. The van der Waals surface area contributed by atoms with E-state index >= 15 is 0 Å². The van der Waals surface area contributed by atoms with Gasteiger partial charge in [0.2, 0.25) is 0 Å². The first-order chi connectivity index (χ1) is 6.65. The Labute approximate surface area is 94.8 Å². The van der Waals surface area contributed by atoms with Gasteiger partial charge in [0.15, 0.2) is 0 Å². The average Bonchev–Trinajstić information content (AvgIpc) is 2.49. The van der Waals surface area contributed by atoms with Crippen LogP contribution in [0.5, 0.6) is 0 Å². The normalized spacial score (nSPS) is 25.6. The lowest BCUT2D eigenvalue weighted by atomic mass is 9.87. The number of nitrogens with one attached hydrogen (secondary N) is 1. The predicted molar refractivity (Wildman–Crippen MR) is 60.5 cm³/mol. The van der Waals surface area contributed by atoms with Gasteiger partial charge in [-0.1, -0.05) is 0 Å². The molecule has 1 heterocycles. The van der Waals surface area contributed by atoms with E-state index in [2.05, 4.69) is 21.2 Å². The fourth-order valence-electron chi connectivity index (χ4n) is 1.47. The van der Waals surface area contributed by atoms with Crippen molar-refractivity contribution in [2.24, 2.45) is 5.73 Å². The molecule has 1 aromatic rings. The highest BCUT2D eigenvalue weighted by Gasteiger charge is 2.27. The zero-order valence-corrected chi connectivity index (χ0v) is 9.90. The molecule has 1 amide bonds. The van der Waals surface area contributed by atoms with Gasteiger partial charge in [-0.15, -0.1) is 11.3 Å². The smallest absolute Gasteiger partial charge is 0.261 e. The van der Waals surface area contributed by atoms with Crippen LogP contribution in [0.15, 0.2) is 15.9 Å². The molecule has 14 heavy (non-hydrogen) atoms. The van der Waals surface area contributed by atoms with E-state index in [9.17, 15) is 4.79 Å². The molecule has 0 bridgehead atoms. The number of nitrogens with two attached hydrogens (primary N) is 1. The van der Waals surface area contributed by atoms with Crippen LogP contribution in [0.3, 0.4) is 0 Å². The maximum absolute atomic E-state index is 11.6. The van der Waals surface area contributed by atoms with Crippen LogP contribution in [0.2, 0.25) is 0 Å². The summed E-state index contributed by atoms with van der Waals surface area (Å²) >= 11 is 4.77. The molecular weight excluding hydrogens is 264 g/mol. The Hall–Kier alpha value is -0.390. The molecule has 0 unspecified atom stereocenters.